The van der Waals surface area contributed by atoms with Gasteiger partial charge in [-0.3, -0.25) is 4.98 Å². The van der Waals surface area contributed by atoms with Crippen LogP contribution in [-0.4, -0.2) is 24.4 Å². The first kappa shape index (κ1) is 22.1. The highest BCUT2D eigenvalue weighted by Gasteiger charge is 2.68. The van der Waals surface area contributed by atoms with Crippen molar-refractivity contribution in [2.75, 3.05) is 13.2 Å². The second-order valence-electron chi connectivity index (χ2n) is 7.53. The van der Waals surface area contributed by atoms with Crippen molar-refractivity contribution in [3.63, 3.8) is 0 Å². The first-order chi connectivity index (χ1) is 15.0. The number of aromatic nitrogens is 1. The maximum absolute atomic E-state index is 15.3. The van der Waals surface area contributed by atoms with Crippen LogP contribution in [0.25, 0.3) is 11.1 Å². The molecular formula is C23H17F6NO2. The van der Waals surface area contributed by atoms with Gasteiger partial charge in [-0.15, -0.1) is 0 Å². The lowest BCUT2D eigenvalue weighted by molar-refractivity contribution is -0.153. The number of benzene rings is 2. The minimum atomic E-state index is -4.45. The first-order valence-corrected chi connectivity index (χ1v) is 9.57. The standard InChI is InChI=1S/C23H17F6NO2/c1-14-2-8-18(19(24)10-14)21(12-32-21)23(28,29)20-9-5-16(11-30-20)15-3-6-17(7-4-15)31-13-22(25,26)27/h2-11H,12-13H2,1H3. The lowest BCUT2D eigenvalue weighted by atomic mass is 9.89. The van der Waals surface area contributed by atoms with E-state index in [0.29, 0.717) is 16.7 Å². The molecule has 1 aromatic heterocycles. The Hall–Kier alpha value is -3.07. The number of pyridine rings is 1. The predicted octanol–water partition coefficient (Wildman–Crippen LogP) is 6.15. The number of alkyl halides is 5. The minimum Gasteiger partial charge on any atom is -0.484 e. The molecule has 9 heteroatoms. The number of hydrogen-bond acceptors (Lipinski definition) is 3. The van der Waals surface area contributed by atoms with Gasteiger partial charge in [-0.2, -0.15) is 22.0 Å². The number of hydrogen-bond donors (Lipinski definition) is 0. The van der Waals surface area contributed by atoms with E-state index in [1.54, 1.807) is 6.92 Å². The van der Waals surface area contributed by atoms with Crippen molar-refractivity contribution < 1.29 is 35.8 Å². The Morgan fingerprint density at radius 2 is 1.62 bits per heavy atom. The van der Waals surface area contributed by atoms with Crippen molar-refractivity contribution in [1.82, 2.24) is 4.98 Å². The first-order valence-electron chi connectivity index (χ1n) is 9.57. The van der Waals surface area contributed by atoms with Gasteiger partial charge in [0.15, 0.2) is 12.2 Å². The Morgan fingerprint density at radius 3 is 2.16 bits per heavy atom. The van der Waals surface area contributed by atoms with E-state index in [1.807, 2.05) is 0 Å². The minimum absolute atomic E-state index is 0.0233. The van der Waals surface area contributed by atoms with E-state index in [1.165, 1.54) is 54.7 Å². The Kier molecular flexibility index (Phi) is 5.40. The Morgan fingerprint density at radius 1 is 0.969 bits per heavy atom. The maximum atomic E-state index is 15.3. The summed E-state index contributed by atoms with van der Waals surface area (Å²) in [4.78, 5) is 3.86. The molecule has 2 heterocycles. The van der Waals surface area contributed by atoms with Gasteiger partial charge in [0, 0.05) is 17.3 Å². The monoisotopic (exact) mass is 453 g/mol. The fraction of sp³-hybridized carbons (Fsp3) is 0.261. The fourth-order valence-electron chi connectivity index (χ4n) is 3.39. The molecule has 0 spiro atoms. The third kappa shape index (κ3) is 4.17. The van der Waals surface area contributed by atoms with Gasteiger partial charge in [-0.25, -0.2) is 4.39 Å². The molecule has 3 nitrogen and oxygen atoms in total. The summed E-state index contributed by atoms with van der Waals surface area (Å²) in [7, 11) is 0. The van der Waals surface area contributed by atoms with Crippen LogP contribution in [0.15, 0.2) is 60.8 Å². The number of ether oxygens (including phenoxy) is 2. The van der Waals surface area contributed by atoms with Crippen molar-refractivity contribution in [2.45, 2.75) is 24.6 Å². The van der Waals surface area contributed by atoms with Crippen LogP contribution in [-0.2, 0) is 16.3 Å². The van der Waals surface area contributed by atoms with Gasteiger partial charge in [-0.1, -0.05) is 30.3 Å². The summed E-state index contributed by atoms with van der Waals surface area (Å²) >= 11 is 0. The van der Waals surface area contributed by atoms with Crippen molar-refractivity contribution in [2.24, 2.45) is 0 Å². The summed E-state index contributed by atoms with van der Waals surface area (Å²) < 4.78 is 91.3. The molecule has 0 saturated carbocycles. The predicted molar refractivity (Wildman–Crippen MR) is 104 cm³/mol. The molecule has 32 heavy (non-hydrogen) atoms. The highest BCUT2D eigenvalue weighted by Crippen LogP contribution is 2.56. The summed E-state index contributed by atoms with van der Waals surface area (Å²) in [6, 6.07) is 12.2. The van der Waals surface area contributed by atoms with E-state index in [9.17, 15) is 17.6 Å². The molecule has 1 atom stereocenters. The molecule has 0 amide bonds. The number of halogens is 6. The van der Waals surface area contributed by atoms with Crippen LogP contribution >= 0.6 is 0 Å². The summed E-state index contributed by atoms with van der Waals surface area (Å²) in [6.45, 7) is -0.105. The summed E-state index contributed by atoms with van der Waals surface area (Å²) in [5.41, 5.74) is -1.30. The molecule has 0 radical (unpaired) electrons. The van der Waals surface area contributed by atoms with Gasteiger partial charge in [0.05, 0.1) is 6.61 Å². The molecule has 0 bridgehead atoms. The summed E-state index contributed by atoms with van der Waals surface area (Å²) in [5, 5.41) is 0. The smallest absolute Gasteiger partial charge is 0.422 e. The zero-order chi connectivity index (χ0) is 23.1. The Bertz CT molecular complexity index is 1110. The van der Waals surface area contributed by atoms with Gasteiger partial charge in [-0.05, 0) is 42.3 Å². The average Bonchev–Trinajstić information content (AvgIpc) is 3.55. The van der Waals surface area contributed by atoms with Crippen LogP contribution in [0.4, 0.5) is 26.3 Å². The molecule has 1 unspecified atom stereocenters. The SMILES string of the molecule is Cc1ccc(C2(C(F)(F)c3ccc(-c4ccc(OCC(F)(F)F)cc4)cn3)CO2)c(F)c1. The van der Waals surface area contributed by atoms with Crippen molar-refractivity contribution in [1.29, 1.82) is 0 Å². The highest BCUT2D eigenvalue weighted by molar-refractivity contribution is 5.63. The molecule has 1 aliphatic heterocycles. The number of epoxide rings is 1. The van der Waals surface area contributed by atoms with Gasteiger partial charge in [0.1, 0.15) is 17.3 Å². The molecule has 0 aliphatic carbocycles. The largest absolute Gasteiger partial charge is 0.484 e. The van der Waals surface area contributed by atoms with Crippen LogP contribution < -0.4 is 4.74 Å². The van der Waals surface area contributed by atoms with Crippen molar-refractivity contribution >= 4 is 0 Å². The molecule has 1 aliphatic rings. The van der Waals surface area contributed by atoms with E-state index in [0.717, 1.165) is 6.07 Å². The van der Waals surface area contributed by atoms with E-state index < -0.39 is 35.8 Å². The van der Waals surface area contributed by atoms with Gasteiger partial charge < -0.3 is 9.47 Å². The topological polar surface area (TPSA) is 34.6 Å². The van der Waals surface area contributed by atoms with Crippen molar-refractivity contribution in [3.05, 3.63) is 83.4 Å². The van der Waals surface area contributed by atoms with E-state index in [2.05, 4.69) is 9.72 Å². The molecule has 1 saturated heterocycles. The van der Waals surface area contributed by atoms with Crippen LogP contribution in [0.5, 0.6) is 5.75 Å². The Labute approximate surface area is 179 Å². The van der Waals surface area contributed by atoms with Crippen molar-refractivity contribution in [3.8, 4) is 16.9 Å². The summed E-state index contributed by atoms with van der Waals surface area (Å²) in [5.74, 6) is -4.33. The van der Waals surface area contributed by atoms with Gasteiger partial charge >= 0.3 is 12.1 Å². The van der Waals surface area contributed by atoms with E-state index in [4.69, 9.17) is 4.74 Å². The molecule has 168 valence electrons. The zero-order valence-corrected chi connectivity index (χ0v) is 16.7. The fourth-order valence-corrected chi connectivity index (χ4v) is 3.39. The second kappa shape index (κ2) is 7.81. The molecule has 0 N–H and O–H groups in total. The quantitative estimate of drug-likeness (QED) is 0.332. The molecule has 1 fully saturated rings. The number of aryl methyl sites for hydroxylation is 1. The third-order valence-electron chi connectivity index (χ3n) is 5.18. The maximum Gasteiger partial charge on any atom is 0.422 e. The lowest BCUT2D eigenvalue weighted by Crippen LogP contribution is -2.34. The average molecular weight is 453 g/mol. The Balaban J connectivity index is 1.54. The van der Waals surface area contributed by atoms with Crippen LogP contribution in [0, 0.1) is 12.7 Å². The van der Waals surface area contributed by atoms with Crippen LogP contribution in [0.1, 0.15) is 16.8 Å². The van der Waals surface area contributed by atoms with E-state index in [-0.39, 0.29) is 17.9 Å². The van der Waals surface area contributed by atoms with Crippen LogP contribution in [0.2, 0.25) is 0 Å². The highest BCUT2D eigenvalue weighted by atomic mass is 19.4. The lowest BCUT2D eigenvalue weighted by Gasteiger charge is -2.24. The number of nitrogens with zero attached hydrogens (tertiary/aromatic N) is 1. The molecule has 3 aromatic rings. The molecule has 2 aromatic carbocycles. The van der Waals surface area contributed by atoms with Gasteiger partial charge in [0.2, 0.25) is 0 Å². The molecular weight excluding hydrogens is 436 g/mol. The zero-order valence-electron chi connectivity index (χ0n) is 16.7. The number of rotatable bonds is 6. The van der Waals surface area contributed by atoms with Gasteiger partial charge in [0.25, 0.3) is 0 Å². The van der Waals surface area contributed by atoms with E-state index >= 15 is 8.78 Å². The summed E-state index contributed by atoms with van der Waals surface area (Å²) in [6.07, 6.45) is -3.23. The second-order valence-corrected chi connectivity index (χ2v) is 7.53. The third-order valence-corrected chi connectivity index (χ3v) is 5.18. The molecule has 4 rings (SSSR count). The van der Waals surface area contributed by atoms with Crippen LogP contribution in [0.3, 0.4) is 0 Å². The normalized spacial score (nSPS) is 18.5.